The minimum atomic E-state index is -0.640. The number of aromatic nitrogens is 2. The molecule has 1 fully saturated rings. The number of likely N-dealkylation sites (tertiary alicyclic amines) is 1. The van der Waals surface area contributed by atoms with Crippen molar-refractivity contribution in [2.24, 2.45) is 5.41 Å². The maximum absolute atomic E-state index is 13.8. The van der Waals surface area contributed by atoms with E-state index in [9.17, 15) is 14.4 Å². The van der Waals surface area contributed by atoms with Crippen LogP contribution >= 0.6 is 0 Å². The second-order valence-electron chi connectivity index (χ2n) is 12.7. The lowest BCUT2D eigenvalue weighted by Crippen LogP contribution is -2.56. The Kier molecular flexibility index (Phi) is 6.76. The predicted molar refractivity (Wildman–Crippen MR) is 152 cm³/mol. The first-order valence-corrected chi connectivity index (χ1v) is 14.3. The van der Waals surface area contributed by atoms with Crippen LogP contribution in [0.3, 0.4) is 0 Å². The molecule has 3 aliphatic rings. The third-order valence-electron chi connectivity index (χ3n) is 8.49. The first kappa shape index (κ1) is 26.3. The van der Waals surface area contributed by atoms with E-state index in [-0.39, 0.29) is 29.3 Å². The van der Waals surface area contributed by atoms with Crippen LogP contribution in [0, 0.1) is 5.41 Å². The first-order chi connectivity index (χ1) is 19.2. The summed E-state index contributed by atoms with van der Waals surface area (Å²) >= 11 is 0. The lowest BCUT2D eigenvalue weighted by atomic mass is 9.95. The summed E-state index contributed by atoms with van der Waals surface area (Å²) in [7, 11) is 0. The van der Waals surface area contributed by atoms with Crippen molar-refractivity contribution >= 4 is 28.7 Å². The van der Waals surface area contributed by atoms with Gasteiger partial charge >= 0.3 is 6.03 Å². The predicted octanol–water partition coefficient (Wildman–Crippen LogP) is 3.62. The third kappa shape index (κ3) is 5.17. The Morgan fingerprint density at radius 2 is 1.77 bits per heavy atom. The fourth-order valence-electron chi connectivity index (χ4n) is 6.49. The molecular formula is C31H38N6O3. The lowest BCUT2D eigenvalue weighted by Gasteiger charge is -2.41. The van der Waals surface area contributed by atoms with Crippen LogP contribution in [0.4, 0.5) is 4.79 Å². The highest BCUT2D eigenvalue weighted by molar-refractivity contribution is 5.90. The summed E-state index contributed by atoms with van der Waals surface area (Å²) in [5.41, 5.74) is 5.34. The zero-order valence-corrected chi connectivity index (χ0v) is 23.6. The Morgan fingerprint density at radius 3 is 2.52 bits per heavy atom. The number of nitrogens with one attached hydrogen (secondary N) is 2. The summed E-state index contributed by atoms with van der Waals surface area (Å²) in [5.74, 6) is 0.110. The number of benzene rings is 2. The summed E-state index contributed by atoms with van der Waals surface area (Å²) < 4.78 is 0. The van der Waals surface area contributed by atoms with Crippen LogP contribution in [-0.2, 0) is 35.5 Å². The van der Waals surface area contributed by atoms with E-state index in [1.54, 1.807) is 4.90 Å². The minimum Gasteiger partial charge on any atom is -0.336 e. The molecule has 6 rings (SSSR count). The molecule has 40 heavy (non-hydrogen) atoms. The van der Waals surface area contributed by atoms with Gasteiger partial charge in [0.25, 0.3) is 0 Å². The molecule has 2 aromatic carbocycles. The number of rotatable bonds is 3. The smallest absolute Gasteiger partial charge is 0.318 e. The summed E-state index contributed by atoms with van der Waals surface area (Å²) in [6.45, 7) is 9.18. The van der Waals surface area contributed by atoms with Gasteiger partial charge in [-0.05, 0) is 46.6 Å². The van der Waals surface area contributed by atoms with Gasteiger partial charge < -0.3 is 20.0 Å². The summed E-state index contributed by atoms with van der Waals surface area (Å²) in [5, 5.41) is 11.4. The van der Waals surface area contributed by atoms with Crippen LogP contribution in [0.1, 0.15) is 55.9 Å². The number of aromatic amines is 1. The maximum Gasteiger partial charge on any atom is 0.318 e. The number of hydrogen-bond acceptors (Lipinski definition) is 4. The second-order valence-corrected chi connectivity index (χ2v) is 12.7. The molecule has 1 unspecified atom stereocenters. The van der Waals surface area contributed by atoms with Crippen LogP contribution in [-0.4, -0.2) is 74.5 Å². The van der Waals surface area contributed by atoms with Crippen molar-refractivity contribution in [3.05, 3.63) is 64.8 Å². The van der Waals surface area contributed by atoms with Gasteiger partial charge in [0.05, 0.1) is 18.1 Å². The van der Waals surface area contributed by atoms with Crippen molar-refractivity contribution in [1.82, 2.24) is 30.2 Å². The maximum atomic E-state index is 13.8. The van der Waals surface area contributed by atoms with Crippen molar-refractivity contribution in [2.45, 2.75) is 71.6 Å². The Bertz CT molecular complexity index is 1450. The van der Waals surface area contributed by atoms with Crippen LogP contribution in [0.2, 0.25) is 0 Å². The number of H-pyrrole nitrogens is 1. The van der Waals surface area contributed by atoms with E-state index in [0.717, 1.165) is 40.4 Å². The van der Waals surface area contributed by atoms with Crippen LogP contribution in [0.25, 0.3) is 10.9 Å². The molecule has 0 bridgehead atoms. The zero-order valence-electron chi connectivity index (χ0n) is 23.6. The monoisotopic (exact) mass is 542 g/mol. The van der Waals surface area contributed by atoms with E-state index < -0.39 is 6.04 Å². The van der Waals surface area contributed by atoms with E-state index in [2.05, 4.69) is 42.4 Å². The molecule has 0 spiro atoms. The summed E-state index contributed by atoms with van der Waals surface area (Å²) in [6, 6.07) is 11.4. The molecule has 1 atom stereocenters. The van der Waals surface area contributed by atoms with E-state index in [1.165, 1.54) is 5.56 Å². The molecular weight excluding hydrogens is 504 g/mol. The summed E-state index contributed by atoms with van der Waals surface area (Å²) in [4.78, 5) is 45.8. The van der Waals surface area contributed by atoms with Crippen molar-refractivity contribution in [3.8, 4) is 0 Å². The number of carbonyl (C=O) groups excluding carboxylic acids is 3. The number of carbonyl (C=O) groups is 3. The quantitative estimate of drug-likeness (QED) is 0.528. The molecule has 9 heteroatoms. The largest absolute Gasteiger partial charge is 0.336 e. The highest BCUT2D eigenvalue weighted by Gasteiger charge is 2.36. The number of amides is 4. The fourth-order valence-corrected chi connectivity index (χ4v) is 6.49. The molecule has 0 aliphatic carbocycles. The van der Waals surface area contributed by atoms with Gasteiger partial charge in [-0.15, -0.1) is 0 Å². The molecule has 9 nitrogen and oxygen atoms in total. The van der Waals surface area contributed by atoms with E-state index in [4.69, 9.17) is 0 Å². The number of hydrogen-bond donors (Lipinski definition) is 2. The molecule has 3 aromatic rings. The standard InChI is InChI=1S/C31H38N6O3/c1-31(2,3)19-36-18-25-21(8-9-26-24(25)16-32-34-26)14-27(29(36)39)33-30(40)35-12-10-23(11-13-35)37-17-22-7-5-4-6-20(22)15-28(37)38/h4-9,16,23,27H,10-15,17-19H2,1-3H3,(H,32,34)(H,33,40). The Labute approximate surface area is 234 Å². The van der Waals surface area contributed by atoms with Gasteiger partial charge in [0.1, 0.15) is 6.04 Å². The molecule has 4 amide bonds. The average Bonchev–Trinajstić information content (AvgIpc) is 3.37. The van der Waals surface area contributed by atoms with Crippen LogP contribution in [0.15, 0.2) is 42.6 Å². The van der Waals surface area contributed by atoms with Crippen molar-refractivity contribution in [3.63, 3.8) is 0 Å². The number of urea groups is 1. The first-order valence-electron chi connectivity index (χ1n) is 14.3. The molecule has 0 radical (unpaired) electrons. The van der Waals surface area contributed by atoms with Gasteiger partial charge in [-0.1, -0.05) is 51.1 Å². The lowest BCUT2D eigenvalue weighted by molar-refractivity contribution is -0.136. The highest BCUT2D eigenvalue weighted by Crippen LogP contribution is 2.30. The minimum absolute atomic E-state index is 0.0522. The van der Waals surface area contributed by atoms with Gasteiger partial charge in [-0.2, -0.15) is 5.10 Å². The van der Waals surface area contributed by atoms with Gasteiger partial charge in [-0.25, -0.2) is 4.79 Å². The number of fused-ring (bicyclic) bond motifs is 4. The van der Waals surface area contributed by atoms with Gasteiger partial charge in [0.2, 0.25) is 11.8 Å². The van der Waals surface area contributed by atoms with Crippen LogP contribution < -0.4 is 5.32 Å². The Morgan fingerprint density at radius 1 is 1.02 bits per heavy atom. The van der Waals surface area contributed by atoms with Gasteiger partial charge in [0, 0.05) is 50.6 Å². The van der Waals surface area contributed by atoms with E-state index in [0.29, 0.717) is 45.6 Å². The average molecular weight is 543 g/mol. The second kappa shape index (κ2) is 10.3. The van der Waals surface area contributed by atoms with Gasteiger partial charge in [0.15, 0.2) is 0 Å². The van der Waals surface area contributed by atoms with Crippen molar-refractivity contribution < 1.29 is 14.4 Å². The van der Waals surface area contributed by atoms with Gasteiger partial charge in [-0.3, -0.25) is 14.7 Å². The van der Waals surface area contributed by atoms with E-state index >= 15 is 0 Å². The summed E-state index contributed by atoms with van der Waals surface area (Å²) in [6.07, 6.45) is 4.18. The number of piperidine rings is 1. The van der Waals surface area contributed by atoms with E-state index in [1.807, 2.05) is 46.3 Å². The van der Waals surface area contributed by atoms with Crippen molar-refractivity contribution in [2.75, 3.05) is 19.6 Å². The molecule has 0 saturated carbocycles. The number of nitrogens with zero attached hydrogens (tertiary/aromatic N) is 4. The Balaban J connectivity index is 1.14. The molecule has 210 valence electrons. The molecule has 1 aromatic heterocycles. The molecule has 2 N–H and O–H groups in total. The van der Waals surface area contributed by atoms with Crippen molar-refractivity contribution in [1.29, 1.82) is 0 Å². The normalized spacial score (nSPS) is 20.4. The SMILES string of the molecule is CC(C)(C)CN1Cc2c(ccc3[nH]ncc23)CC(NC(=O)N2CCC(N3Cc4ccccc4CC3=O)CC2)C1=O. The zero-order chi connectivity index (χ0) is 28.0. The molecule has 4 heterocycles. The topological polar surface area (TPSA) is 102 Å². The van der Waals surface area contributed by atoms with Crippen LogP contribution in [0.5, 0.6) is 0 Å². The highest BCUT2D eigenvalue weighted by atomic mass is 16.2. The molecule has 3 aliphatic heterocycles. The fraction of sp³-hybridized carbons (Fsp3) is 0.484. The third-order valence-corrected chi connectivity index (χ3v) is 8.49. The molecule has 1 saturated heterocycles. The Hall–Kier alpha value is -3.88.